The van der Waals surface area contributed by atoms with E-state index in [9.17, 15) is 9.59 Å². The molecule has 28 heavy (non-hydrogen) atoms. The van der Waals surface area contributed by atoms with Crippen LogP contribution in [0.5, 0.6) is 17.2 Å². The fourth-order valence-electron chi connectivity index (χ4n) is 2.54. The number of amides is 2. The second-order valence-electron chi connectivity index (χ2n) is 6.43. The molecule has 2 amide bonds. The maximum atomic E-state index is 11.9. The van der Waals surface area contributed by atoms with E-state index in [4.69, 9.17) is 14.2 Å². The molecule has 0 heterocycles. The van der Waals surface area contributed by atoms with Crippen molar-refractivity contribution in [2.24, 2.45) is 5.92 Å². The minimum Gasteiger partial charge on any atom is -0.493 e. The number of hydrogen-bond acceptors (Lipinski definition) is 5. The molecular formula is C21H24N2O5. The molecule has 1 aliphatic carbocycles. The van der Waals surface area contributed by atoms with Gasteiger partial charge in [0.15, 0.2) is 18.1 Å². The highest BCUT2D eigenvalue weighted by Gasteiger charge is 2.29. The van der Waals surface area contributed by atoms with Crippen molar-refractivity contribution in [3.05, 3.63) is 48.5 Å². The third-order valence-corrected chi connectivity index (χ3v) is 4.17. The summed E-state index contributed by atoms with van der Waals surface area (Å²) in [6.07, 6.45) is 1.89. The van der Waals surface area contributed by atoms with Crippen LogP contribution in [0.1, 0.15) is 12.8 Å². The van der Waals surface area contributed by atoms with Crippen LogP contribution in [0, 0.1) is 5.92 Å². The van der Waals surface area contributed by atoms with E-state index >= 15 is 0 Å². The van der Waals surface area contributed by atoms with Crippen LogP contribution < -0.4 is 24.8 Å². The van der Waals surface area contributed by atoms with Crippen LogP contribution in [-0.4, -0.2) is 38.7 Å². The van der Waals surface area contributed by atoms with E-state index in [0.717, 1.165) is 12.8 Å². The number of rotatable bonds is 10. The SMILES string of the molecule is COc1ccccc1OCCNC(=O)COc1cccc(NC(=O)C2CC2)c1. The van der Waals surface area contributed by atoms with E-state index in [-0.39, 0.29) is 24.3 Å². The van der Waals surface area contributed by atoms with Crippen molar-refractivity contribution in [3.8, 4) is 17.2 Å². The Bertz CT molecular complexity index is 820. The number of carbonyl (C=O) groups excluding carboxylic acids is 2. The van der Waals surface area contributed by atoms with Gasteiger partial charge in [-0.3, -0.25) is 9.59 Å². The molecule has 2 aromatic rings. The van der Waals surface area contributed by atoms with Gasteiger partial charge in [-0.1, -0.05) is 18.2 Å². The van der Waals surface area contributed by atoms with Crippen LogP contribution in [0.15, 0.2) is 48.5 Å². The van der Waals surface area contributed by atoms with Crippen molar-refractivity contribution in [3.63, 3.8) is 0 Å². The fourth-order valence-corrected chi connectivity index (χ4v) is 2.54. The highest BCUT2D eigenvalue weighted by atomic mass is 16.5. The van der Waals surface area contributed by atoms with Crippen LogP contribution in [0.3, 0.4) is 0 Å². The first-order valence-electron chi connectivity index (χ1n) is 9.22. The van der Waals surface area contributed by atoms with Crippen LogP contribution in [-0.2, 0) is 9.59 Å². The maximum Gasteiger partial charge on any atom is 0.258 e. The molecule has 0 unspecified atom stereocenters. The number of benzene rings is 2. The standard InChI is InChI=1S/C21H24N2O5/c1-26-18-7-2-3-8-19(18)27-12-11-22-20(24)14-28-17-6-4-5-16(13-17)23-21(25)15-9-10-15/h2-8,13,15H,9-12,14H2,1H3,(H,22,24)(H,23,25). The van der Waals surface area contributed by atoms with Crippen molar-refractivity contribution in [1.29, 1.82) is 0 Å². The first-order chi connectivity index (χ1) is 13.7. The lowest BCUT2D eigenvalue weighted by atomic mass is 10.3. The van der Waals surface area contributed by atoms with E-state index in [1.54, 1.807) is 37.4 Å². The molecule has 0 aliphatic heterocycles. The number of ether oxygens (including phenoxy) is 3. The lowest BCUT2D eigenvalue weighted by Gasteiger charge is -2.11. The second kappa shape index (κ2) is 9.64. The lowest BCUT2D eigenvalue weighted by Crippen LogP contribution is -2.32. The van der Waals surface area contributed by atoms with Gasteiger partial charge in [-0.2, -0.15) is 0 Å². The van der Waals surface area contributed by atoms with Crippen molar-refractivity contribution in [2.75, 3.05) is 32.2 Å². The third kappa shape index (κ3) is 5.90. The molecule has 7 nitrogen and oxygen atoms in total. The molecule has 7 heteroatoms. The number of para-hydroxylation sites is 2. The minimum atomic E-state index is -0.254. The van der Waals surface area contributed by atoms with Crippen LogP contribution in [0.4, 0.5) is 5.69 Å². The lowest BCUT2D eigenvalue weighted by molar-refractivity contribution is -0.123. The summed E-state index contributed by atoms with van der Waals surface area (Å²) in [4.78, 5) is 23.7. The summed E-state index contributed by atoms with van der Waals surface area (Å²) >= 11 is 0. The highest BCUT2D eigenvalue weighted by Crippen LogP contribution is 2.30. The number of hydrogen-bond donors (Lipinski definition) is 2. The summed E-state index contributed by atoms with van der Waals surface area (Å²) in [6.45, 7) is 0.543. The summed E-state index contributed by atoms with van der Waals surface area (Å²) in [5, 5.41) is 5.58. The van der Waals surface area contributed by atoms with Crippen LogP contribution >= 0.6 is 0 Å². The molecule has 0 bridgehead atoms. The number of carbonyl (C=O) groups is 2. The number of methoxy groups -OCH3 is 1. The van der Waals surface area contributed by atoms with E-state index in [1.165, 1.54) is 0 Å². The molecule has 0 atom stereocenters. The smallest absolute Gasteiger partial charge is 0.258 e. The Morgan fingerprint density at radius 1 is 1.04 bits per heavy atom. The number of nitrogens with one attached hydrogen (secondary N) is 2. The Morgan fingerprint density at radius 3 is 2.57 bits per heavy atom. The highest BCUT2D eigenvalue weighted by molar-refractivity contribution is 5.94. The molecule has 0 spiro atoms. The van der Waals surface area contributed by atoms with E-state index in [0.29, 0.717) is 36.1 Å². The predicted octanol–water partition coefficient (Wildman–Crippen LogP) is 2.62. The molecular weight excluding hydrogens is 360 g/mol. The average Bonchev–Trinajstić information content (AvgIpc) is 3.56. The van der Waals surface area contributed by atoms with Crippen LogP contribution in [0.2, 0.25) is 0 Å². The summed E-state index contributed by atoms with van der Waals surface area (Å²) in [5.41, 5.74) is 0.667. The molecule has 1 saturated carbocycles. The fraction of sp³-hybridized carbons (Fsp3) is 0.333. The van der Waals surface area contributed by atoms with Crippen molar-refractivity contribution >= 4 is 17.5 Å². The third-order valence-electron chi connectivity index (χ3n) is 4.17. The topological polar surface area (TPSA) is 85.9 Å². The zero-order valence-corrected chi connectivity index (χ0v) is 15.8. The summed E-state index contributed by atoms with van der Waals surface area (Å²) in [6, 6.07) is 14.3. The first kappa shape index (κ1) is 19.5. The molecule has 0 saturated heterocycles. The van der Waals surface area contributed by atoms with E-state index in [1.807, 2.05) is 18.2 Å². The summed E-state index contributed by atoms with van der Waals surface area (Å²) < 4.78 is 16.3. The zero-order valence-electron chi connectivity index (χ0n) is 15.8. The molecule has 0 aromatic heterocycles. The Labute approximate surface area is 164 Å². The van der Waals surface area contributed by atoms with Gasteiger partial charge in [0, 0.05) is 17.7 Å². The summed E-state index contributed by atoms with van der Waals surface area (Å²) in [5.74, 6) is 1.70. The van der Waals surface area contributed by atoms with E-state index < -0.39 is 0 Å². The first-order valence-corrected chi connectivity index (χ1v) is 9.22. The molecule has 3 rings (SSSR count). The molecule has 2 N–H and O–H groups in total. The zero-order chi connectivity index (χ0) is 19.8. The van der Waals surface area contributed by atoms with Gasteiger partial charge in [-0.25, -0.2) is 0 Å². The Kier molecular flexibility index (Phi) is 6.73. The summed E-state index contributed by atoms with van der Waals surface area (Å²) in [7, 11) is 1.58. The average molecular weight is 384 g/mol. The van der Waals surface area contributed by atoms with Crippen molar-refractivity contribution in [2.45, 2.75) is 12.8 Å². The van der Waals surface area contributed by atoms with Crippen molar-refractivity contribution < 1.29 is 23.8 Å². The quantitative estimate of drug-likeness (QED) is 0.615. The van der Waals surface area contributed by atoms with Crippen molar-refractivity contribution in [1.82, 2.24) is 5.32 Å². The van der Waals surface area contributed by atoms with Gasteiger partial charge in [-0.15, -0.1) is 0 Å². The minimum absolute atomic E-state index is 0.0324. The molecule has 148 valence electrons. The van der Waals surface area contributed by atoms with Crippen LogP contribution in [0.25, 0.3) is 0 Å². The number of anilines is 1. The van der Waals surface area contributed by atoms with Gasteiger partial charge in [0.25, 0.3) is 5.91 Å². The van der Waals surface area contributed by atoms with Gasteiger partial charge >= 0.3 is 0 Å². The van der Waals surface area contributed by atoms with Gasteiger partial charge in [0.2, 0.25) is 5.91 Å². The second-order valence-corrected chi connectivity index (χ2v) is 6.43. The maximum absolute atomic E-state index is 11.9. The Hall–Kier alpha value is -3.22. The predicted molar refractivity (Wildman–Crippen MR) is 105 cm³/mol. The molecule has 0 radical (unpaired) electrons. The van der Waals surface area contributed by atoms with Gasteiger partial charge < -0.3 is 24.8 Å². The largest absolute Gasteiger partial charge is 0.493 e. The van der Waals surface area contributed by atoms with Gasteiger partial charge in [-0.05, 0) is 37.1 Å². The Morgan fingerprint density at radius 2 is 1.82 bits per heavy atom. The van der Waals surface area contributed by atoms with Gasteiger partial charge in [0.1, 0.15) is 12.4 Å². The normalized spacial score (nSPS) is 12.8. The molecule has 1 aliphatic rings. The Balaban J connectivity index is 1.36. The van der Waals surface area contributed by atoms with E-state index in [2.05, 4.69) is 10.6 Å². The molecule has 2 aromatic carbocycles. The molecule has 1 fully saturated rings. The van der Waals surface area contributed by atoms with Gasteiger partial charge in [0.05, 0.1) is 13.7 Å². The monoisotopic (exact) mass is 384 g/mol.